The Morgan fingerprint density at radius 2 is 1.96 bits per heavy atom. The van der Waals surface area contributed by atoms with Crippen molar-refractivity contribution in [2.75, 3.05) is 6.61 Å². The number of esters is 1. The number of hydrogen-bond donors (Lipinski definition) is 2. The molecule has 2 aliphatic carbocycles. The van der Waals surface area contributed by atoms with Gasteiger partial charge in [-0.25, -0.2) is 4.79 Å². The van der Waals surface area contributed by atoms with Gasteiger partial charge in [0.1, 0.15) is 12.4 Å². The van der Waals surface area contributed by atoms with Gasteiger partial charge in [0.15, 0.2) is 0 Å². The summed E-state index contributed by atoms with van der Waals surface area (Å²) in [6, 6.07) is 0. The summed E-state index contributed by atoms with van der Waals surface area (Å²) in [5.74, 6) is -0.564. The number of hydrogen-bond acceptors (Lipinski definition) is 5. The van der Waals surface area contributed by atoms with Crippen molar-refractivity contribution < 1.29 is 24.5 Å². The lowest BCUT2D eigenvalue weighted by atomic mass is 9.64. The SMILES string of the molecule is CC1CC2C(=O)C(C)(C)C(O)CCC2(O)C1(C)CCC1=CC(=O)OC1. The van der Waals surface area contributed by atoms with E-state index >= 15 is 0 Å². The van der Waals surface area contributed by atoms with Crippen LogP contribution in [0.15, 0.2) is 11.6 Å². The molecule has 5 unspecified atom stereocenters. The monoisotopic (exact) mass is 350 g/mol. The molecule has 1 heterocycles. The number of carbonyl (C=O) groups excluding carboxylic acids is 2. The molecule has 5 heteroatoms. The van der Waals surface area contributed by atoms with Crippen molar-refractivity contribution in [3.63, 3.8) is 0 Å². The van der Waals surface area contributed by atoms with E-state index < -0.39 is 28.5 Å². The maximum atomic E-state index is 13.1. The Bertz CT molecular complexity index is 622. The lowest BCUT2D eigenvalue weighted by Gasteiger charge is -2.44. The Hall–Kier alpha value is -1.20. The normalized spacial score (nSPS) is 43.4. The maximum Gasteiger partial charge on any atom is 0.331 e. The number of aliphatic hydroxyl groups excluding tert-OH is 1. The maximum absolute atomic E-state index is 13.1. The fraction of sp³-hybridized carbons (Fsp3) is 0.800. The molecule has 0 bridgehead atoms. The van der Waals surface area contributed by atoms with Gasteiger partial charge in [0.2, 0.25) is 0 Å². The first kappa shape index (κ1) is 18.6. The standard InChI is InChI=1S/C20H30O5/c1-12-9-14-17(23)18(2,3)15(21)6-8-20(14,24)19(12,4)7-5-13-10-16(22)25-11-13/h10,12,14-15,21,24H,5-9,11H2,1-4H3. The average Bonchev–Trinajstić information content (AvgIpc) is 3.03. The highest BCUT2D eigenvalue weighted by molar-refractivity contribution is 5.89. The van der Waals surface area contributed by atoms with E-state index in [1.54, 1.807) is 13.8 Å². The number of rotatable bonds is 3. The van der Waals surface area contributed by atoms with E-state index in [2.05, 4.69) is 13.8 Å². The highest BCUT2D eigenvalue weighted by Gasteiger charge is 2.65. The first-order chi connectivity index (χ1) is 11.5. The van der Waals surface area contributed by atoms with Gasteiger partial charge in [0.25, 0.3) is 0 Å². The lowest BCUT2D eigenvalue weighted by molar-refractivity contribution is -0.147. The molecule has 3 rings (SSSR count). The molecule has 140 valence electrons. The van der Waals surface area contributed by atoms with Gasteiger partial charge in [-0.3, -0.25) is 4.79 Å². The molecule has 0 spiro atoms. The molecule has 0 radical (unpaired) electrons. The average molecular weight is 350 g/mol. The summed E-state index contributed by atoms with van der Waals surface area (Å²) in [5, 5.41) is 22.1. The van der Waals surface area contributed by atoms with Crippen molar-refractivity contribution in [3.8, 4) is 0 Å². The van der Waals surface area contributed by atoms with Gasteiger partial charge in [-0.05, 0) is 49.0 Å². The summed E-state index contributed by atoms with van der Waals surface area (Å²) >= 11 is 0. The summed E-state index contributed by atoms with van der Waals surface area (Å²) in [5.41, 5.74) is -1.41. The van der Waals surface area contributed by atoms with Crippen LogP contribution < -0.4 is 0 Å². The summed E-state index contributed by atoms with van der Waals surface area (Å²) in [7, 11) is 0. The second-order valence-electron chi connectivity index (χ2n) is 9.08. The molecule has 1 aliphatic heterocycles. The lowest BCUT2D eigenvalue weighted by Crippen LogP contribution is -2.51. The van der Waals surface area contributed by atoms with E-state index in [0.29, 0.717) is 38.7 Å². The van der Waals surface area contributed by atoms with Crippen LogP contribution in [-0.2, 0) is 14.3 Å². The van der Waals surface area contributed by atoms with Crippen LogP contribution in [-0.4, -0.2) is 40.3 Å². The van der Waals surface area contributed by atoms with E-state index in [1.165, 1.54) is 6.08 Å². The highest BCUT2D eigenvalue weighted by atomic mass is 16.5. The van der Waals surface area contributed by atoms with Crippen molar-refractivity contribution in [2.24, 2.45) is 22.7 Å². The number of carbonyl (C=O) groups is 2. The third-order valence-electron chi connectivity index (χ3n) is 7.51. The molecule has 5 nitrogen and oxygen atoms in total. The Morgan fingerprint density at radius 1 is 1.28 bits per heavy atom. The Balaban J connectivity index is 1.88. The second-order valence-corrected chi connectivity index (χ2v) is 9.08. The largest absolute Gasteiger partial charge is 0.458 e. The predicted molar refractivity (Wildman–Crippen MR) is 92.6 cm³/mol. The van der Waals surface area contributed by atoms with Gasteiger partial charge in [-0.2, -0.15) is 0 Å². The number of aliphatic hydroxyl groups is 2. The molecule has 0 aromatic heterocycles. The zero-order valence-corrected chi connectivity index (χ0v) is 15.7. The Kier molecular flexibility index (Phi) is 4.40. The molecule has 0 aromatic rings. The van der Waals surface area contributed by atoms with Gasteiger partial charge < -0.3 is 14.9 Å². The van der Waals surface area contributed by atoms with Crippen molar-refractivity contribution in [2.45, 2.75) is 71.5 Å². The number of fused-ring (bicyclic) bond motifs is 1. The summed E-state index contributed by atoms with van der Waals surface area (Å²) in [4.78, 5) is 24.4. The fourth-order valence-corrected chi connectivity index (χ4v) is 5.19. The minimum atomic E-state index is -1.11. The molecule has 2 saturated carbocycles. The van der Waals surface area contributed by atoms with E-state index in [4.69, 9.17) is 4.74 Å². The molecule has 2 fully saturated rings. The van der Waals surface area contributed by atoms with Crippen LogP contribution in [0.1, 0.15) is 59.8 Å². The second kappa shape index (κ2) is 5.92. The third kappa shape index (κ3) is 2.67. The van der Waals surface area contributed by atoms with Crippen LogP contribution in [0.25, 0.3) is 0 Å². The van der Waals surface area contributed by atoms with Crippen molar-refractivity contribution >= 4 is 11.8 Å². The number of Topliss-reactive ketones (excluding diaryl/α,β-unsaturated/α-hetero) is 1. The van der Waals surface area contributed by atoms with Gasteiger partial charge in [-0.1, -0.05) is 27.7 Å². The van der Waals surface area contributed by atoms with Crippen molar-refractivity contribution in [3.05, 3.63) is 11.6 Å². The number of cyclic esters (lactones) is 1. The van der Waals surface area contributed by atoms with E-state index in [-0.39, 0.29) is 17.7 Å². The van der Waals surface area contributed by atoms with Crippen LogP contribution in [0.3, 0.4) is 0 Å². The molecule has 3 aliphatic rings. The van der Waals surface area contributed by atoms with Crippen LogP contribution in [0.2, 0.25) is 0 Å². The third-order valence-corrected chi connectivity index (χ3v) is 7.51. The van der Waals surface area contributed by atoms with Crippen LogP contribution in [0.5, 0.6) is 0 Å². The topological polar surface area (TPSA) is 83.8 Å². The molecule has 5 atom stereocenters. The van der Waals surface area contributed by atoms with Crippen LogP contribution in [0, 0.1) is 22.7 Å². The fourth-order valence-electron chi connectivity index (χ4n) is 5.19. The summed E-state index contributed by atoms with van der Waals surface area (Å²) in [6.07, 6.45) is 3.71. The molecule has 25 heavy (non-hydrogen) atoms. The van der Waals surface area contributed by atoms with Gasteiger partial charge in [0.05, 0.1) is 11.7 Å². The highest BCUT2D eigenvalue weighted by Crippen LogP contribution is 2.61. The molecule has 2 N–H and O–H groups in total. The van der Waals surface area contributed by atoms with E-state index in [0.717, 1.165) is 5.57 Å². The van der Waals surface area contributed by atoms with Crippen molar-refractivity contribution in [1.82, 2.24) is 0 Å². The Morgan fingerprint density at radius 3 is 2.56 bits per heavy atom. The molecule has 0 saturated heterocycles. The molecular weight excluding hydrogens is 320 g/mol. The molecular formula is C20H30O5. The predicted octanol–water partition coefficient (Wildman–Crippen LogP) is 2.39. The summed E-state index contributed by atoms with van der Waals surface area (Å²) < 4.78 is 4.97. The Labute approximate surface area is 149 Å². The summed E-state index contributed by atoms with van der Waals surface area (Å²) in [6.45, 7) is 8.08. The van der Waals surface area contributed by atoms with Crippen LogP contribution >= 0.6 is 0 Å². The van der Waals surface area contributed by atoms with E-state index in [9.17, 15) is 19.8 Å². The molecule has 0 aromatic carbocycles. The van der Waals surface area contributed by atoms with Gasteiger partial charge in [-0.15, -0.1) is 0 Å². The quantitative estimate of drug-likeness (QED) is 0.764. The number of ketones is 1. The van der Waals surface area contributed by atoms with Gasteiger partial charge in [0, 0.05) is 17.4 Å². The first-order valence-electron chi connectivity index (χ1n) is 9.33. The smallest absolute Gasteiger partial charge is 0.331 e. The minimum Gasteiger partial charge on any atom is -0.458 e. The first-order valence-corrected chi connectivity index (χ1v) is 9.33. The minimum absolute atomic E-state index is 0.0193. The zero-order chi connectivity index (χ0) is 18.6. The van der Waals surface area contributed by atoms with Crippen molar-refractivity contribution in [1.29, 1.82) is 0 Å². The molecule has 0 amide bonds. The zero-order valence-electron chi connectivity index (χ0n) is 15.7. The van der Waals surface area contributed by atoms with E-state index in [1.807, 2.05) is 0 Å². The van der Waals surface area contributed by atoms with Crippen LogP contribution in [0.4, 0.5) is 0 Å². The van der Waals surface area contributed by atoms with Gasteiger partial charge >= 0.3 is 5.97 Å². The number of ether oxygens (including phenoxy) is 1.